The number of carbonyl (C=O) groups excluding carboxylic acids is 1. The molecule has 11 atom stereocenters. The molecule has 1 saturated heterocycles. The number of rotatable bonds is 8. The highest BCUT2D eigenvalue weighted by molar-refractivity contribution is 5.81. The van der Waals surface area contributed by atoms with Crippen molar-refractivity contribution < 1.29 is 28.9 Å². The molecule has 0 aromatic carbocycles. The van der Waals surface area contributed by atoms with Gasteiger partial charge in [0.1, 0.15) is 12.2 Å². The maximum absolute atomic E-state index is 13.4. The van der Waals surface area contributed by atoms with Crippen molar-refractivity contribution in [2.45, 2.75) is 132 Å². The van der Waals surface area contributed by atoms with Gasteiger partial charge in [-0.3, -0.25) is 19.9 Å². The average molecular weight is 697 g/mol. The standard InChI is InChI=1S/C40H64N4O6/c1-24(2)25(3)36(8)16-17-38(10)27-12-13-30-37(9)21-48-22-40(30,28(27)14-15-39(38,11)31(36)33(46)47)20-29(50-26(4)45)32(37)49-19-18-42-34(43-23-41)44-35(5,6)7/h14,24-25,27,29-32H,12-13,15-22H2,1-11H3,(H,46,47)(H2,42,43,44)/t25-,27+,29-,30?,31-,32+,36-,37-,38-,39+,40+/m1/s1. The number of esters is 1. The van der Waals surface area contributed by atoms with Crippen LogP contribution in [0.5, 0.6) is 0 Å². The molecule has 1 aliphatic heterocycles. The quantitative estimate of drug-likeness (QED) is 0.0480. The SMILES string of the molecule is CC(=O)O[C@@H]1C[C@@]23COC[C@](C)(C2CC[C@H]2C3=CC[C@@]3(C)[C@H](C(=O)O)[C@@](C)([C@H](C)C(C)C)CC[C@]23C)[C@H]1OCCN=C(NC#N)NC(C)(C)C. The predicted molar refractivity (Wildman–Crippen MR) is 193 cm³/mol. The second kappa shape index (κ2) is 13.4. The summed E-state index contributed by atoms with van der Waals surface area (Å²) in [5, 5.41) is 26.1. The van der Waals surface area contributed by atoms with Crippen LogP contribution in [-0.2, 0) is 23.8 Å². The van der Waals surface area contributed by atoms with E-state index in [1.165, 1.54) is 12.5 Å². The Morgan fingerprint density at radius 3 is 2.42 bits per heavy atom. The van der Waals surface area contributed by atoms with E-state index < -0.39 is 28.8 Å². The van der Waals surface area contributed by atoms with Crippen molar-refractivity contribution in [2.24, 2.45) is 61.7 Å². The number of carboxylic acid groups (broad SMARTS) is 1. The van der Waals surface area contributed by atoms with Crippen LogP contribution in [0.4, 0.5) is 0 Å². The summed E-state index contributed by atoms with van der Waals surface area (Å²) in [4.78, 5) is 30.6. The van der Waals surface area contributed by atoms with E-state index in [0.717, 1.165) is 32.1 Å². The molecule has 5 rings (SSSR count). The Balaban J connectivity index is 1.49. The normalized spacial score (nSPS) is 41.8. The third-order valence-corrected chi connectivity index (χ3v) is 14.7. The van der Waals surface area contributed by atoms with Gasteiger partial charge in [0.05, 0.1) is 32.3 Å². The van der Waals surface area contributed by atoms with Gasteiger partial charge in [-0.1, -0.05) is 60.1 Å². The molecule has 10 heteroatoms. The fourth-order valence-electron chi connectivity index (χ4n) is 12.0. The highest BCUT2D eigenvalue weighted by atomic mass is 16.6. The average Bonchev–Trinajstić information content (AvgIpc) is 2.99. The fraction of sp³-hybridized carbons (Fsp3) is 0.850. The van der Waals surface area contributed by atoms with Gasteiger partial charge < -0.3 is 24.6 Å². The number of allylic oxidation sites excluding steroid dienone is 1. The van der Waals surface area contributed by atoms with Crippen LogP contribution in [0, 0.1) is 68.1 Å². The zero-order valence-electron chi connectivity index (χ0n) is 32.6. The van der Waals surface area contributed by atoms with Crippen LogP contribution >= 0.6 is 0 Å². The molecule has 5 aliphatic rings. The van der Waals surface area contributed by atoms with Crippen LogP contribution < -0.4 is 10.6 Å². The number of carboxylic acids is 1. The first kappa shape index (κ1) is 38.6. The molecule has 10 nitrogen and oxygen atoms in total. The van der Waals surface area contributed by atoms with Gasteiger partial charge in [0.2, 0.25) is 5.96 Å². The van der Waals surface area contributed by atoms with Gasteiger partial charge in [-0.2, -0.15) is 5.26 Å². The van der Waals surface area contributed by atoms with Gasteiger partial charge in [0.25, 0.3) is 0 Å². The molecular weight excluding hydrogens is 632 g/mol. The third-order valence-electron chi connectivity index (χ3n) is 14.7. The summed E-state index contributed by atoms with van der Waals surface area (Å²) in [5.41, 5.74) is -0.481. The molecule has 0 aromatic rings. The monoisotopic (exact) mass is 696 g/mol. The van der Waals surface area contributed by atoms with Gasteiger partial charge in [-0.05, 0) is 99.2 Å². The van der Waals surface area contributed by atoms with E-state index in [0.29, 0.717) is 44.7 Å². The van der Waals surface area contributed by atoms with E-state index in [4.69, 9.17) is 14.2 Å². The number of fused-ring (bicyclic) bond motifs is 3. The summed E-state index contributed by atoms with van der Waals surface area (Å²) in [5.74, 6) is 0.139. The lowest BCUT2D eigenvalue weighted by Crippen LogP contribution is -2.70. The summed E-state index contributed by atoms with van der Waals surface area (Å²) in [7, 11) is 0. The Hall–Kier alpha value is -2.64. The molecule has 50 heavy (non-hydrogen) atoms. The first-order valence-electron chi connectivity index (χ1n) is 19.0. The minimum atomic E-state index is -0.660. The maximum atomic E-state index is 13.4. The van der Waals surface area contributed by atoms with Crippen molar-refractivity contribution in [1.29, 1.82) is 5.26 Å². The molecule has 1 unspecified atom stereocenters. The van der Waals surface area contributed by atoms with Crippen LogP contribution in [0.2, 0.25) is 0 Å². The summed E-state index contributed by atoms with van der Waals surface area (Å²) in [6, 6.07) is 0. The number of guanidine groups is 1. The molecule has 0 amide bonds. The number of aliphatic carboxylic acids is 1. The van der Waals surface area contributed by atoms with E-state index in [9.17, 15) is 20.0 Å². The largest absolute Gasteiger partial charge is 0.481 e. The Bertz CT molecular complexity index is 1430. The van der Waals surface area contributed by atoms with Gasteiger partial charge in [0.15, 0.2) is 6.19 Å². The Kier molecular flexibility index (Phi) is 10.3. The lowest BCUT2D eigenvalue weighted by molar-refractivity contribution is -0.266. The van der Waals surface area contributed by atoms with Crippen molar-refractivity contribution in [3.63, 3.8) is 0 Å². The van der Waals surface area contributed by atoms with Crippen LogP contribution in [-0.4, -0.2) is 67.1 Å². The minimum Gasteiger partial charge on any atom is -0.481 e. The Labute approximate surface area is 300 Å². The number of aliphatic imine (C=N–C) groups is 1. The van der Waals surface area contributed by atoms with Crippen LogP contribution in [0.1, 0.15) is 115 Å². The number of nitriles is 1. The molecule has 0 radical (unpaired) electrons. The zero-order valence-corrected chi connectivity index (χ0v) is 32.6. The number of ether oxygens (including phenoxy) is 3. The highest BCUT2D eigenvalue weighted by Gasteiger charge is 2.72. The van der Waals surface area contributed by atoms with Crippen molar-refractivity contribution in [1.82, 2.24) is 10.6 Å². The third kappa shape index (κ3) is 6.16. The van der Waals surface area contributed by atoms with Crippen molar-refractivity contribution >= 4 is 17.9 Å². The molecule has 3 saturated carbocycles. The molecular formula is C40H64N4O6. The number of nitrogens with one attached hydrogen (secondary N) is 2. The molecule has 280 valence electrons. The molecule has 2 bridgehead atoms. The second-order valence-corrected chi connectivity index (χ2v) is 18.8. The summed E-state index contributed by atoms with van der Waals surface area (Å²) in [6.07, 6.45) is 8.74. The van der Waals surface area contributed by atoms with Crippen molar-refractivity contribution in [3.8, 4) is 6.19 Å². The van der Waals surface area contributed by atoms with Gasteiger partial charge in [-0.15, -0.1) is 0 Å². The predicted octanol–water partition coefficient (Wildman–Crippen LogP) is 6.71. The first-order chi connectivity index (χ1) is 23.2. The fourth-order valence-corrected chi connectivity index (χ4v) is 12.0. The smallest absolute Gasteiger partial charge is 0.307 e. The van der Waals surface area contributed by atoms with E-state index in [2.05, 4.69) is 70.2 Å². The van der Waals surface area contributed by atoms with E-state index in [1.807, 2.05) is 27.0 Å². The van der Waals surface area contributed by atoms with E-state index in [-0.39, 0.29) is 51.6 Å². The van der Waals surface area contributed by atoms with Gasteiger partial charge >= 0.3 is 11.9 Å². The van der Waals surface area contributed by atoms with Crippen LogP contribution in [0.15, 0.2) is 16.6 Å². The minimum absolute atomic E-state index is 0.192. The maximum Gasteiger partial charge on any atom is 0.307 e. The highest BCUT2D eigenvalue weighted by Crippen LogP contribution is 2.75. The van der Waals surface area contributed by atoms with Crippen LogP contribution in [0.3, 0.4) is 0 Å². The van der Waals surface area contributed by atoms with Crippen molar-refractivity contribution in [2.75, 3.05) is 26.4 Å². The Morgan fingerprint density at radius 1 is 1.12 bits per heavy atom. The van der Waals surface area contributed by atoms with Crippen molar-refractivity contribution in [3.05, 3.63) is 11.6 Å². The molecule has 0 aromatic heterocycles. The molecule has 1 heterocycles. The summed E-state index contributed by atoms with van der Waals surface area (Å²) >= 11 is 0. The van der Waals surface area contributed by atoms with E-state index in [1.54, 1.807) is 0 Å². The van der Waals surface area contributed by atoms with Gasteiger partial charge in [0, 0.05) is 23.3 Å². The molecule has 3 N–H and O–H groups in total. The topological polar surface area (TPSA) is 142 Å². The zero-order chi connectivity index (χ0) is 37.1. The summed E-state index contributed by atoms with van der Waals surface area (Å²) < 4.78 is 19.4. The number of carbonyl (C=O) groups is 2. The first-order valence-corrected chi connectivity index (χ1v) is 19.0. The second-order valence-electron chi connectivity index (χ2n) is 18.8. The number of hydrogen-bond acceptors (Lipinski definition) is 7. The Morgan fingerprint density at radius 2 is 1.82 bits per heavy atom. The molecule has 4 aliphatic carbocycles. The number of hydrogen-bond donors (Lipinski definition) is 3. The lowest BCUT2D eigenvalue weighted by Gasteiger charge is -2.71. The molecule has 0 spiro atoms. The van der Waals surface area contributed by atoms with Gasteiger partial charge in [-0.25, -0.2) is 0 Å². The lowest BCUT2D eigenvalue weighted by atomic mass is 9.34. The number of nitrogens with zero attached hydrogens (tertiary/aromatic N) is 2. The molecule has 4 fully saturated rings. The van der Waals surface area contributed by atoms with E-state index >= 15 is 0 Å². The van der Waals surface area contributed by atoms with Crippen LogP contribution in [0.25, 0.3) is 0 Å². The summed E-state index contributed by atoms with van der Waals surface area (Å²) in [6.45, 7) is 25.0.